The Balaban J connectivity index is 1.48. The quantitative estimate of drug-likeness (QED) is 0.520. The monoisotopic (exact) mass is 520 g/mol. The Morgan fingerprint density at radius 2 is 1.67 bits per heavy atom. The van der Waals surface area contributed by atoms with Crippen LogP contribution in [0.4, 0.5) is 16.2 Å². The van der Waals surface area contributed by atoms with Crippen LogP contribution in [-0.4, -0.2) is 40.3 Å². The average Bonchev–Trinajstić information content (AvgIpc) is 3.19. The molecule has 6 amide bonds. The zero-order valence-electron chi connectivity index (χ0n) is 18.2. The van der Waals surface area contributed by atoms with Gasteiger partial charge in [0.15, 0.2) is 5.71 Å². The van der Waals surface area contributed by atoms with E-state index in [-0.39, 0.29) is 33.5 Å². The molecule has 3 aromatic carbocycles. The van der Waals surface area contributed by atoms with E-state index < -0.39 is 35.4 Å². The summed E-state index contributed by atoms with van der Waals surface area (Å²) in [5.74, 6) is -3.09. The van der Waals surface area contributed by atoms with Crippen LogP contribution in [-0.2, 0) is 16.1 Å². The first-order valence-electron chi connectivity index (χ1n) is 10.5. The van der Waals surface area contributed by atoms with E-state index in [1.807, 2.05) is 0 Å². The maximum atomic E-state index is 13.2. The lowest BCUT2D eigenvalue weighted by molar-refractivity contribution is -0.118. The molecule has 2 heterocycles. The van der Waals surface area contributed by atoms with E-state index >= 15 is 0 Å². The first kappa shape index (κ1) is 23.4. The highest BCUT2D eigenvalue weighted by molar-refractivity contribution is 6.72. The second-order valence-corrected chi connectivity index (χ2v) is 8.70. The maximum Gasteiger partial charge on any atom is 0.336 e. The summed E-state index contributed by atoms with van der Waals surface area (Å²) in [6, 6.07) is 15.9. The van der Waals surface area contributed by atoms with Crippen LogP contribution >= 0.6 is 23.2 Å². The predicted molar refractivity (Wildman–Crippen MR) is 132 cm³/mol. The summed E-state index contributed by atoms with van der Waals surface area (Å²) in [7, 11) is 0. The number of amides is 6. The number of fused-ring (bicyclic) bond motifs is 1. The van der Waals surface area contributed by atoms with E-state index in [9.17, 15) is 24.0 Å². The minimum atomic E-state index is -1.00. The molecule has 0 aliphatic carbocycles. The fourth-order valence-corrected chi connectivity index (χ4v) is 4.28. The van der Waals surface area contributed by atoms with Gasteiger partial charge in [-0.25, -0.2) is 14.7 Å². The molecule has 36 heavy (non-hydrogen) atoms. The number of imide groups is 3. The second kappa shape index (κ2) is 9.03. The van der Waals surface area contributed by atoms with Gasteiger partial charge in [0.25, 0.3) is 23.6 Å². The molecule has 0 aromatic heterocycles. The maximum absolute atomic E-state index is 13.2. The van der Waals surface area contributed by atoms with Crippen LogP contribution in [0.1, 0.15) is 26.3 Å². The molecule has 0 spiro atoms. The summed E-state index contributed by atoms with van der Waals surface area (Å²) in [5.41, 5.74) is 0.702. The van der Waals surface area contributed by atoms with Gasteiger partial charge in [0, 0.05) is 10.6 Å². The Labute approximate surface area is 213 Å². The molecule has 1 fully saturated rings. The van der Waals surface area contributed by atoms with Gasteiger partial charge >= 0.3 is 6.03 Å². The lowest BCUT2D eigenvalue weighted by Crippen LogP contribution is -2.58. The van der Waals surface area contributed by atoms with Crippen molar-refractivity contribution in [3.05, 3.63) is 93.5 Å². The molecule has 2 aliphatic rings. The van der Waals surface area contributed by atoms with Gasteiger partial charge in [-0.3, -0.25) is 29.4 Å². The summed E-state index contributed by atoms with van der Waals surface area (Å²) >= 11 is 12.2. The topological polar surface area (TPSA) is 116 Å². The molecule has 1 saturated heterocycles. The van der Waals surface area contributed by atoms with E-state index in [0.29, 0.717) is 11.1 Å². The van der Waals surface area contributed by atoms with Crippen LogP contribution in [0.25, 0.3) is 0 Å². The highest BCUT2D eigenvalue weighted by Crippen LogP contribution is 2.29. The van der Waals surface area contributed by atoms with Gasteiger partial charge in [0.05, 0.1) is 28.5 Å². The number of nitrogens with zero attached hydrogens (tertiary/aromatic N) is 3. The number of urea groups is 1. The molecule has 0 saturated carbocycles. The Hall–Kier alpha value is -4.34. The number of aliphatic imine (C=N–C) groups is 1. The average molecular weight is 521 g/mol. The molecule has 0 radical (unpaired) electrons. The van der Waals surface area contributed by atoms with Crippen molar-refractivity contribution in [1.82, 2.24) is 10.2 Å². The number of carbonyl (C=O) groups excluding carboxylic acids is 5. The molecule has 5 rings (SSSR count). The third-order valence-corrected chi connectivity index (χ3v) is 6.16. The van der Waals surface area contributed by atoms with Gasteiger partial charge in [-0.1, -0.05) is 47.5 Å². The summed E-state index contributed by atoms with van der Waals surface area (Å²) in [5, 5.41) is 2.40. The Bertz CT molecular complexity index is 1530. The normalized spacial score (nSPS) is 16.4. The molecule has 0 atom stereocenters. The first-order chi connectivity index (χ1) is 17.2. The van der Waals surface area contributed by atoms with Crippen molar-refractivity contribution in [2.45, 2.75) is 6.54 Å². The van der Waals surface area contributed by atoms with E-state index in [0.717, 1.165) is 9.80 Å². The summed E-state index contributed by atoms with van der Waals surface area (Å²) in [6.45, 7) is 0.0838. The molecule has 0 unspecified atom stereocenters. The van der Waals surface area contributed by atoms with Crippen molar-refractivity contribution in [2.75, 3.05) is 4.90 Å². The number of hydrogen-bond acceptors (Lipinski definition) is 6. The minimum Gasteiger partial charge on any atom is -0.272 e. The van der Waals surface area contributed by atoms with Crippen LogP contribution in [0.5, 0.6) is 0 Å². The number of rotatable bonds is 3. The van der Waals surface area contributed by atoms with Gasteiger partial charge in [-0.05, 0) is 48.0 Å². The number of halogens is 2. The number of barbiturate groups is 1. The van der Waals surface area contributed by atoms with Crippen LogP contribution in [0.3, 0.4) is 0 Å². The van der Waals surface area contributed by atoms with Gasteiger partial charge in [0.2, 0.25) is 0 Å². The number of hydrogen-bond donors (Lipinski definition) is 1. The van der Waals surface area contributed by atoms with Crippen molar-refractivity contribution in [1.29, 1.82) is 0 Å². The van der Waals surface area contributed by atoms with Gasteiger partial charge in [0.1, 0.15) is 0 Å². The second-order valence-electron chi connectivity index (χ2n) is 7.86. The number of anilines is 1. The van der Waals surface area contributed by atoms with Crippen LogP contribution < -0.4 is 10.2 Å². The molecular formula is C25H14Cl2N4O5. The Morgan fingerprint density at radius 1 is 0.889 bits per heavy atom. The largest absolute Gasteiger partial charge is 0.336 e. The number of benzene rings is 3. The molecule has 9 nitrogen and oxygen atoms in total. The molecule has 1 N–H and O–H groups in total. The lowest BCUT2D eigenvalue weighted by atomic mass is 10.1. The van der Waals surface area contributed by atoms with E-state index in [1.165, 1.54) is 30.3 Å². The zero-order chi connectivity index (χ0) is 25.6. The third-order valence-electron chi connectivity index (χ3n) is 5.60. The van der Waals surface area contributed by atoms with E-state index in [1.54, 1.807) is 36.4 Å². The Kier molecular flexibility index (Phi) is 5.87. The van der Waals surface area contributed by atoms with Gasteiger partial charge in [-0.15, -0.1) is 0 Å². The highest BCUT2D eigenvalue weighted by Gasteiger charge is 2.39. The number of carbonyl (C=O) groups is 5. The van der Waals surface area contributed by atoms with E-state index in [4.69, 9.17) is 23.2 Å². The third kappa shape index (κ3) is 4.04. The molecule has 11 heteroatoms. The minimum absolute atomic E-state index is 0.0360. The molecule has 178 valence electrons. The van der Waals surface area contributed by atoms with Gasteiger partial charge in [-0.2, -0.15) is 0 Å². The van der Waals surface area contributed by atoms with Crippen molar-refractivity contribution in [3.63, 3.8) is 0 Å². The summed E-state index contributed by atoms with van der Waals surface area (Å²) in [4.78, 5) is 69.7. The predicted octanol–water partition coefficient (Wildman–Crippen LogP) is 4.15. The van der Waals surface area contributed by atoms with Crippen LogP contribution in [0.15, 0.2) is 71.7 Å². The molecule has 2 aliphatic heterocycles. The lowest BCUT2D eigenvalue weighted by Gasteiger charge is -2.25. The highest BCUT2D eigenvalue weighted by atomic mass is 35.5. The summed E-state index contributed by atoms with van der Waals surface area (Å²) in [6.07, 6.45) is 0. The molecule has 0 bridgehead atoms. The first-order valence-corrected chi connectivity index (χ1v) is 11.3. The SMILES string of the molecule is O=C1NC(=O)N(c2cccc(Cl)c2)C(=O)C1=Nc1ccc(Cl)c(C(=O)N2Cc3ccccc3C2=O)c1. The molecular weight excluding hydrogens is 507 g/mol. The van der Waals surface area contributed by atoms with Crippen LogP contribution in [0.2, 0.25) is 10.0 Å². The summed E-state index contributed by atoms with van der Waals surface area (Å²) < 4.78 is 0. The van der Waals surface area contributed by atoms with Crippen LogP contribution in [0, 0.1) is 0 Å². The fraction of sp³-hybridized carbons (Fsp3) is 0.0400. The van der Waals surface area contributed by atoms with Crippen molar-refractivity contribution < 1.29 is 24.0 Å². The zero-order valence-corrected chi connectivity index (χ0v) is 19.7. The standard InChI is InChI=1S/C25H14Cl2N4O5/c26-14-5-3-6-16(10-14)31-24(35)20(21(32)29-25(31)36)28-15-8-9-19(27)18(11-15)23(34)30-12-13-4-1-2-7-17(13)22(30)33/h1-11H,12H2,(H,29,32,36). The fourth-order valence-electron chi connectivity index (χ4n) is 3.90. The van der Waals surface area contributed by atoms with Crippen molar-refractivity contribution in [2.24, 2.45) is 4.99 Å². The van der Waals surface area contributed by atoms with Gasteiger partial charge < -0.3 is 0 Å². The van der Waals surface area contributed by atoms with Crippen molar-refractivity contribution >= 4 is 69.9 Å². The number of nitrogens with one attached hydrogen (secondary N) is 1. The smallest absolute Gasteiger partial charge is 0.272 e. The molecule has 3 aromatic rings. The van der Waals surface area contributed by atoms with E-state index in [2.05, 4.69) is 10.3 Å². The Morgan fingerprint density at radius 3 is 2.42 bits per heavy atom. The van der Waals surface area contributed by atoms with Crippen molar-refractivity contribution in [3.8, 4) is 0 Å².